The molecule has 0 aliphatic heterocycles. The maximum atomic E-state index is 11.4. The van der Waals surface area contributed by atoms with E-state index in [9.17, 15) is 20.1 Å². The lowest BCUT2D eigenvalue weighted by atomic mass is 9.43. The van der Waals surface area contributed by atoms with Crippen molar-refractivity contribution in [2.75, 3.05) is 0 Å². The number of carbonyl (C=O) groups is 1. The van der Waals surface area contributed by atoms with Crippen LogP contribution >= 0.6 is 0 Å². The third-order valence-electron chi connectivity index (χ3n) is 11.2. The van der Waals surface area contributed by atoms with Crippen LogP contribution in [0.3, 0.4) is 0 Å². The molecule has 0 aromatic heterocycles. The highest BCUT2D eigenvalue weighted by molar-refractivity contribution is 5.73. The number of hydrogen-bond donors (Lipinski definition) is 3. The van der Waals surface area contributed by atoms with E-state index in [4.69, 9.17) is 0 Å². The van der Waals surface area contributed by atoms with Crippen molar-refractivity contribution in [1.82, 2.24) is 0 Å². The lowest BCUT2D eigenvalue weighted by Gasteiger charge is -2.62. The summed E-state index contributed by atoms with van der Waals surface area (Å²) < 4.78 is 0. The Morgan fingerprint density at radius 3 is 2.31 bits per heavy atom. The quantitative estimate of drug-likeness (QED) is 0.654. The Bertz CT molecular complexity index is 678. The van der Waals surface area contributed by atoms with Crippen LogP contribution in [0, 0.1) is 58.2 Å². The standard InChI is InChI=1S/C25H40O4/c1-13(16-12-17(16)23(28)29)18-4-5-19-22-20(7-9-25(18,19)3)24(2)8-6-15(26)10-14(24)11-21(22)27/h13-22,26-27H,4-12H2,1-3H3,(H,28,29)/t13-,14+,15-,16-,17+,18-,19?,20?,21?,22?,24+,25-/m1/s1. The van der Waals surface area contributed by atoms with Crippen molar-refractivity contribution in [3.8, 4) is 0 Å². The molecule has 0 bridgehead atoms. The molecule has 164 valence electrons. The van der Waals surface area contributed by atoms with Crippen LogP contribution in [0.15, 0.2) is 0 Å². The first-order valence-corrected chi connectivity index (χ1v) is 12.3. The van der Waals surface area contributed by atoms with Crippen molar-refractivity contribution in [2.45, 2.75) is 90.8 Å². The zero-order valence-electron chi connectivity index (χ0n) is 18.4. The summed E-state index contributed by atoms with van der Waals surface area (Å²) in [7, 11) is 0. The molecule has 5 aliphatic rings. The number of aliphatic hydroxyl groups excluding tert-OH is 2. The fraction of sp³-hybridized carbons (Fsp3) is 0.960. The molecule has 0 radical (unpaired) electrons. The summed E-state index contributed by atoms with van der Waals surface area (Å²) in [5, 5.41) is 30.9. The second kappa shape index (κ2) is 6.69. The second-order valence-corrected chi connectivity index (χ2v) is 12.2. The molecule has 4 unspecified atom stereocenters. The Hall–Kier alpha value is -0.610. The summed E-state index contributed by atoms with van der Waals surface area (Å²) in [4.78, 5) is 11.4. The Labute approximate surface area is 175 Å². The van der Waals surface area contributed by atoms with E-state index >= 15 is 0 Å². The molecule has 0 aromatic carbocycles. The van der Waals surface area contributed by atoms with Gasteiger partial charge in [0.05, 0.1) is 18.1 Å². The summed E-state index contributed by atoms with van der Waals surface area (Å²) in [6.45, 7) is 7.26. The molecule has 0 spiro atoms. The van der Waals surface area contributed by atoms with Gasteiger partial charge < -0.3 is 15.3 Å². The Morgan fingerprint density at radius 1 is 0.931 bits per heavy atom. The fourth-order valence-electron chi connectivity index (χ4n) is 9.48. The van der Waals surface area contributed by atoms with Crippen molar-refractivity contribution < 1.29 is 20.1 Å². The molecule has 0 saturated heterocycles. The topological polar surface area (TPSA) is 77.8 Å². The van der Waals surface area contributed by atoms with Crippen molar-refractivity contribution in [1.29, 1.82) is 0 Å². The maximum absolute atomic E-state index is 11.4. The Balaban J connectivity index is 1.39. The van der Waals surface area contributed by atoms with Crippen LogP contribution in [0.25, 0.3) is 0 Å². The first-order valence-electron chi connectivity index (χ1n) is 12.3. The van der Waals surface area contributed by atoms with Gasteiger partial charge in [-0.1, -0.05) is 20.8 Å². The number of carboxylic acid groups (broad SMARTS) is 1. The summed E-state index contributed by atoms with van der Waals surface area (Å²) in [6, 6.07) is 0. The van der Waals surface area contributed by atoms with Gasteiger partial charge in [-0.15, -0.1) is 0 Å². The summed E-state index contributed by atoms with van der Waals surface area (Å²) in [5.74, 6) is 2.76. The minimum absolute atomic E-state index is 0.113. The number of carboxylic acids is 1. The van der Waals surface area contributed by atoms with Gasteiger partial charge in [0.1, 0.15) is 0 Å². The van der Waals surface area contributed by atoms with Gasteiger partial charge in [0, 0.05) is 0 Å². The van der Waals surface area contributed by atoms with E-state index in [2.05, 4.69) is 20.8 Å². The predicted octanol–water partition coefficient (Wildman–Crippen LogP) is 4.33. The summed E-state index contributed by atoms with van der Waals surface area (Å²) in [6.07, 6.45) is 9.08. The van der Waals surface area contributed by atoms with Crippen LogP contribution < -0.4 is 0 Å². The molecular formula is C25H40O4. The van der Waals surface area contributed by atoms with Crippen LogP contribution in [0.2, 0.25) is 0 Å². The SMILES string of the molecule is C[C@H]([C@H]1C[C@@H]1C(=O)O)[C@H]1CCC2C3C(O)C[C@@H]4C[C@H](O)CC[C@]4(C)C3CC[C@@]21C. The predicted molar refractivity (Wildman–Crippen MR) is 111 cm³/mol. The number of fused-ring (bicyclic) bond motifs is 5. The molecule has 5 aliphatic carbocycles. The van der Waals surface area contributed by atoms with E-state index in [1.165, 1.54) is 25.7 Å². The second-order valence-electron chi connectivity index (χ2n) is 12.2. The average Bonchev–Trinajstić information content (AvgIpc) is 3.39. The summed E-state index contributed by atoms with van der Waals surface area (Å²) in [5.41, 5.74) is 0.531. The van der Waals surface area contributed by atoms with Gasteiger partial charge in [-0.05, 0) is 110 Å². The molecule has 0 aromatic rings. The van der Waals surface area contributed by atoms with Crippen LogP contribution in [0.4, 0.5) is 0 Å². The number of aliphatic carboxylic acids is 1. The molecular weight excluding hydrogens is 364 g/mol. The molecule has 0 heterocycles. The van der Waals surface area contributed by atoms with E-state index in [0.29, 0.717) is 41.4 Å². The van der Waals surface area contributed by atoms with Crippen molar-refractivity contribution in [3.63, 3.8) is 0 Å². The fourth-order valence-corrected chi connectivity index (χ4v) is 9.48. The van der Waals surface area contributed by atoms with Crippen molar-refractivity contribution in [3.05, 3.63) is 0 Å². The maximum Gasteiger partial charge on any atom is 0.306 e. The molecule has 12 atom stereocenters. The third-order valence-corrected chi connectivity index (χ3v) is 11.2. The van der Waals surface area contributed by atoms with Gasteiger partial charge in [-0.3, -0.25) is 4.79 Å². The Kier molecular flexibility index (Phi) is 4.68. The van der Waals surface area contributed by atoms with Gasteiger partial charge in [0.25, 0.3) is 0 Å². The highest BCUT2D eigenvalue weighted by Crippen LogP contribution is 2.69. The van der Waals surface area contributed by atoms with Crippen molar-refractivity contribution >= 4 is 5.97 Å². The zero-order valence-corrected chi connectivity index (χ0v) is 18.4. The lowest BCUT2D eigenvalue weighted by molar-refractivity contribution is -0.174. The summed E-state index contributed by atoms with van der Waals surface area (Å²) >= 11 is 0. The van der Waals surface area contributed by atoms with Gasteiger partial charge >= 0.3 is 5.97 Å². The first kappa shape index (κ1) is 20.3. The van der Waals surface area contributed by atoms with E-state index in [0.717, 1.165) is 32.1 Å². The van der Waals surface area contributed by atoms with E-state index in [1.807, 2.05) is 0 Å². The van der Waals surface area contributed by atoms with Crippen LogP contribution in [-0.2, 0) is 4.79 Å². The molecule has 5 saturated carbocycles. The zero-order chi connectivity index (χ0) is 20.7. The number of aliphatic hydroxyl groups is 2. The molecule has 0 amide bonds. The monoisotopic (exact) mass is 404 g/mol. The third kappa shape index (κ3) is 2.87. The van der Waals surface area contributed by atoms with Crippen molar-refractivity contribution in [2.24, 2.45) is 58.2 Å². The smallest absolute Gasteiger partial charge is 0.306 e. The average molecular weight is 405 g/mol. The number of hydrogen-bond acceptors (Lipinski definition) is 3. The van der Waals surface area contributed by atoms with Gasteiger partial charge in [0.2, 0.25) is 0 Å². The molecule has 3 N–H and O–H groups in total. The molecule has 5 fully saturated rings. The minimum atomic E-state index is -0.605. The van der Waals surface area contributed by atoms with Gasteiger partial charge in [-0.25, -0.2) is 0 Å². The number of rotatable bonds is 3. The normalized spacial score (nSPS) is 57.3. The van der Waals surface area contributed by atoms with Gasteiger partial charge in [-0.2, -0.15) is 0 Å². The van der Waals surface area contributed by atoms with E-state index < -0.39 is 5.97 Å². The molecule has 4 heteroatoms. The van der Waals surface area contributed by atoms with Crippen LogP contribution in [-0.4, -0.2) is 33.5 Å². The highest BCUT2D eigenvalue weighted by atomic mass is 16.4. The molecule has 4 nitrogen and oxygen atoms in total. The highest BCUT2D eigenvalue weighted by Gasteiger charge is 2.64. The van der Waals surface area contributed by atoms with E-state index in [1.54, 1.807) is 0 Å². The van der Waals surface area contributed by atoms with Gasteiger partial charge in [0.15, 0.2) is 0 Å². The largest absolute Gasteiger partial charge is 0.481 e. The first-order chi connectivity index (χ1) is 13.7. The molecule has 29 heavy (non-hydrogen) atoms. The minimum Gasteiger partial charge on any atom is -0.481 e. The molecule has 5 rings (SSSR count). The van der Waals surface area contributed by atoms with Crippen LogP contribution in [0.5, 0.6) is 0 Å². The van der Waals surface area contributed by atoms with Crippen LogP contribution in [0.1, 0.15) is 78.6 Å². The van der Waals surface area contributed by atoms with E-state index in [-0.39, 0.29) is 29.0 Å². The Morgan fingerprint density at radius 2 is 1.62 bits per heavy atom. The lowest BCUT2D eigenvalue weighted by Crippen LogP contribution is -2.58.